The van der Waals surface area contributed by atoms with E-state index in [0.717, 1.165) is 23.4 Å². The monoisotopic (exact) mass is 451 g/mol. The summed E-state index contributed by atoms with van der Waals surface area (Å²) >= 11 is 1.50. The van der Waals surface area contributed by atoms with E-state index >= 15 is 0 Å². The van der Waals surface area contributed by atoms with Gasteiger partial charge in [0.2, 0.25) is 5.91 Å². The molecule has 32 heavy (non-hydrogen) atoms. The number of likely N-dealkylation sites (tertiary alicyclic amines) is 1. The molecule has 0 unspecified atom stereocenters. The van der Waals surface area contributed by atoms with Crippen LogP contribution in [-0.4, -0.2) is 49.0 Å². The van der Waals surface area contributed by atoms with E-state index in [0.29, 0.717) is 41.5 Å². The van der Waals surface area contributed by atoms with Crippen molar-refractivity contribution < 1.29 is 19.1 Å². The standard InChI is InChI=1S/C24H25N3O4S/c1-30-20-13-18(24(29)27-10-6-7-11-27)19(14-21(20)31-2)26-22(28)12-17-15-32-23(25-17)16-8-4-3-5-9-16/h3-5,8-9,13-15H,6-7,10-12H2,1-2H3,(H,26,28). The van der Waals surface area contributed by atoms with Gasteiger partial charge in [-0.15, -0.1) is 11.3 Å². The first-order valence-electron chi connectivity index (χ1n) is 10.4. The zero-order valence-electron chi connectivity index (χ0n) is 18.1. The lowest BCUT2D eigenvalue weighted by Gasteiger charge is -2.20. The predicted molar refractivity (Wildman–Crippen MR) is 125 cm³/mol. The number of carbonyl (C=O) groups excluding carboxylic acids is 2. The fourth-order valence-electron chi connectivity index (χ4n) is 3.71. The summed E-state index contributed by atoms with van der Waals surface area (Å²) < 4.78 is 10.8. The lowest BCUT2D eigenvalue weighted by molar-refractivity contribution is -0.115. The van der Waals surface area contributed by atoms with Gasteiger partial charge in [-0.2, -0.15) is 0 Å². The van der Waals surface area contributed by atoms with Crippen LogP contribution >= 0.6 is 11.3 Å². The fraction of sp³-hybridized carbons (Fsp3) is 0.292. The maximum absolute atomic E-state index is 13.1. The number of carbonyl (C=O) groups is 2. The fourth-order valence-corrected chi connectivity index (χ4v) is 4.54. The van der Waals surface area contributed by atoms with E-state index in [-0.39, 0.29) is 18.2 Å². The number of amides is 2. The molecule has 1 saturated heterocycles. The molecule has 1 aliphatic rings. The third-order valence-electron chi connectivity index (χ3n) is 5.34. The van der Waals surface area contributed by atoms with Gasteiger partial charge in [-0.3, -0.25) is 9.59 Å². The van der Waals surface area contributed by atoms with Gasteiger partial charge in [0.1, 0.15) is 5.01 Å². The summed E-state index contributed by atoms with van der Waals surface area (Å²) in [6.07, 6.45) is 2.07. The Balaban J connectivity index is 1.55. The molecule has 1 aromatic heterocycles. The highest BCUT2D eigenvalue weighted by molar-refractivity contribution is 7.13. The molecule has 2 amide bonds. The van der Waals surface area contributed by atoms with Crippen molar-refractivity contribution >= 4 is 28.8 Å². The number of methoxy groups -OCH3 is 2. The van der Waals surface area contributed by atoms with Gasteiger partial charge in [-0.25, -0.2) is 4.98 Å². The predicted octanol–water partition coefficient (Wildman–Crippen LogP) is 4.24. The summed E-state index contributed by atoms with van der Waals surface area (Å²) in [4.78, 5) is 32.3. The van der Waals surface area contributed by atoms with Gasteiger partial charge in [0, 0.05) is 30.1 Å². The highest BCUT2D eigenvalue weighted by Crippen LogP contribution is 2.34. The van der Waals surface area contributed by atoms with Crippen LogP contribution < -0.4 is 14.8 Å². The lowest BCUT2D eigenvalue weighted by atomic mass is 10.1. The molecule has 166 valence electrons. The Bertz CT molecular complexity index is 1110. The van der Waals surface area contributed by atoms with Crippen LogP contribution in [0.4, 0.5) is 5.69 Å². The van der Waals surface area contributed by atoms with Crippen LogP contribution in [0.15, 0.2) is 47.8 Å². The Morgan fingerprint density at radius 3 is 2.44 bits per heavy atom. The highest BCUT2D eigenvalue weighted by Gasteiger charge is 2.25. The van der Waals surface area contributed by atoms with E-state index < -0.39 is 0 Å². The minimum atomic E-state index is -0.252. The number of benzene rings is 2. The molecule has 0 saturated carbocycles. The van der Waals surface area contributed by atoms with Crippen molar-refractivity contribution in [1.29, 1.82) is 0 Å². The van der Waals surface area contributed by atoms with Crippen LogP contribution in [-0.2, 0) is 11.2 Å². The molecule has 2 heterocycles. The summed E-state index contributed by atoms with van der Waals surface area (Å²) in [6.45, 7) is 1.42. The highest BCUT2D eigenvalue weighted by atomic mass is 32.1. The van der Waals surface area contributed by atoms with Gasteiger partial charge in [0.15, 0.2) is 11.5 Å². The van der Waals surface area contributed by atoms with E-state index in [9.17, 15) is 9.59 Å². The molecule has 0 radical (unpaired) electrons. The number of rotatable bonds is 7. The third-order valence-corrected chi connectivity index (χ3v) is 6.28. The number of ether oxygens (including phenoxy) is 2. The van der Waals surface area contributed by atoms with E-state index in [1.54, 1.807) is 17.0 Å². The van der Waals surface area contributed by atoms with Crippen LogP contribution in [0.3, 0.4) is 0 Å². The number of hydrogen-bond donors (Lipinski definition) is 1. The average Bonchev–Trinajstić information content (AvgIpc) is 3.51. The van der Waals surface area contributed by atoms with Crippen molar-refractivity contribution in [3.63, 3.8) is 0 Å². The van der Waals surface area contributed by atoms with Crippen LogP contribution in [0.25, 0.3) is 10.6 Å². The van der Waals surface area contributed by atoms with Crippen molar-refractivity contribution in [2.45, 2.75) is 19.3 Å². The number of thiazole rings is 1. The second-order valence-electron chi connectivity index (χ2n) is 7.49. The smallest absolute Gasteiger partial charge is 0.256 e. The molecular weight excluding hydrogens is 426 g/mol. The largest absolute Gasteiger partial charge is 0.493 e. The van der Waals surface area contributed by atoms with E-state index in [4.69, 9.17) is 9.47 Å². The molecule has 0 atom stereocenters. The molecule has 4 rings (SSSR count). The Kier molecular flexibility index (Phi) is 6.70. The molecule has 1 N–H and O–H groups in total. The first-order valence-corrected chi connectivity index (χ1v) is 11.3. The molecule has 0 aliphatic carbocycles. The Hall–Kier alpha value is -3.39. The Morgan fingerprint density at radius 2 is 1.75 bits per heavy atom. The maximum Gasteiger partial charge on any atom is 0.256 e. The van der Waals surface area contributed by atoms with Gasteiger partial charge in [0.25, 0.3) is 5.91 Å². The van der Waals surface area contributed by atoms with Crippen LogP contribution in [0, 0.1) is 0 Å². The van der Waals surface area contributed by atoms with E-state index in [1.165, 1.54) is 25.6 Å². The van der Waals surface area contributed by atoms with Gasteiger partial charge in [-0.05, 0) is 18.9 Å². The lowest BCUT2D eigenvalue weighted by Crippen LogP contribution is -2.29. The summed E-state index contributed by atoms with van der Waals surface area (Å²) in [5.41, 5.74) is 2.49. The molecular formula is C24H25N3O4S. The summed E-state index contributed by atoms with van der Waals surface area (Å²) in [5.74, 6) is 0.511. The zero-order valence-corrected chi connectivity index (χ0v) is 18.9. The summed E-state index contributed by atoms with van der Waals surface area (Å²) in [6, 6.07) is 13.1. The minimum Gasteiger partial charge on any atom is -0.493 e. The van der Waals surface area contributed by atoms with Gasteiger partial charge in [-0.1, -0.05) is 30.3 Å². The van der Waals surface area contributed by atoms with Crippen molar-refractivity contribution in [2.24, 2.45) is 0 Å². The van der Waals surface area contributed by atoms with E-state index in [2.05, 4.69) is 10.3 Å². The van der Waals surface area contributed by atoms with E-state index in [1.807, 2.05) is 35.7 Å². The number of hydrogen-bond acceptors (Lipinski definition) is 6. The molecule has 2 aromatic carbocycles. The third kappa shape index (κ3) is 4.75. The topological polar surface area (TPSA) is 80.8 Å². The normalized spacial score (nSPS) is 13.1. The SMILES string of the molecule is COc1cc(NC(=O)Cc2csc(-c3ccccc3)n2)c(C(=O)N2CCCC2)cc1OC. The van der Waals surface area contributed by atoms with Crippen LogP contribution in [0.2, 0.25) is 0 Å². The van der Waals surface area contributed by atoms with Crippen molar-refractivity contribution in [3.05, 3.63) is 59.1 Å². The quantitative estimate of drug-likeness (QED) is 0.581. The molecule has 0 spiro atoms. The second kappa shape index (κ2) is 9.82. The van der Waals surface area contributed by atoms with Crippen molar-refractivity contribution in [1.82, 2.24) is 9.88 Å². The van der Waals surface area contributed by atoms with Crippen LogP contribution in [0.5, 0.6) is 11.5 Å². The average molecular weight is 452 g/mol. The number of nitrogens with zero attached hydrogens (tertiary/aromatic N) is 2. The Labute approximate surface area is 191 Å². The van der Waals surface area contributed by atoms with Crippen molar-refractivity contribution in [2.75, 3.05) is 32.6 Å². The van der Waals surface area contributed by atoms with Gasteiger partial charge >= 0.3 is 0 Å². The minimum absolute atomic E-state index is 0.106. The van der Waals surface area contributed by atoms with Gasteiger partial charge in [0.05, 0.1) is 37.6 Å². The maximum atomic E-state index is 13.1. The first-order chi connectivity index (χ1) is 15.6. The number of aromatic nitrogens is 1. The molecule has 1 fully saturated rings. The molecule has 7 nitrogen and oxygen atoms in total. The second-order valence-corrected chi connectivity index (χ2v) is 8.35. The summed E-state index contributed by atoms with van der Waals surface area (Å²) in [7, 11) is 3.04. The van der Waals surface area contributed by atoms with Crippen molar-refractivity contribution in [3.8, 4) is 22.1 Å². The number of nitrogens with one attached hydrogen (secondary N) is 1. The summed E-state index contributed by atoms with van der Waals surface area (Å²) in [5, 5.41) is 5.63. The first kappa shape index (κ1) is 21.8. The number of anilines is 1. The van der Waals surface area contributed by atoms with Gasteiger partial charge < -0.3 is 19.7 Å². The van der Waals surface area contributed by atoms with Crippen LogP contribution in [0.1, 0.15) is 28.9 Å². The zero-order chi connectivity index (χ0) is 22.5. The molecule has 8 heteroatoms. The molecule has 0 bridgehead atoms. The molecule has 3 aromatic rings. The molecule has 1 aliphatic heterocycles. The Morgan fingerprint density at radius 1 is 1.06 bits per heavy atom.